The van der Waals surface area contributed by atoms with E-state index in [1.54, 1.807) is 31.3 Å². The molecule has 0 radical (unpaired) electrons. The van der Waals surface area contributed by atoms with Crippen molar-refractivity contribution in [3.8, 4) is 0 Å². The van der Waals surface area contributed by atoms with Gasteiger partial charge in [-0.1, -0.05) is 29.8 Å². The first-order chi connectivity index (χ1) is 13.8. The molecule has 0 saturated heterocycles. The Balaban J connectivity index is 1.93. The summed E-state index contributed by atoms with van der Waals surface area (Å²) < 4.78 is 5.17. The van der Waals surface area contributed by atoms with Gasteiger partial charge in [0.1, 0.15) is 0 Å². The number of amides is 2. The molecule has 2 aromatic carbocycles. The molecule has 0 fully saturated rings. The van der Waals surface area contributed by atoms with Crippen LogP contribution in [0.5, 0.6) is 0 Å². The van der Waals surface area contributed by atoms with E-state index in [0.29, 0.717) is 10.5 Å². The molecule has 7 heteroatoms. The highest BCUT2D eigenvalue weighted by molar-refractivity contribution is 8.00. The number of hydrogen-bond acceptors (Lipinski definition) is 5. The number of ether oxygens (including phenoxy) is 1. The van der Waals surface area contributed by atoms with Crippen molar-refractivity contribution in [2.75, 3.05) is 24.7 Å². The second-order valence-corrected chi connectivity index (χ2v) is 7.89. The Morgan fingerprint density at radius 2 is 1.72 bits per heavy atom. The predicted molar refractivity (Wildman–Crippen MR) is 115 cm³/mol. The highest BCUT2D eigenvalue weighted by Crippen LogP contribution is 2.23. The number of hydrogen-bond donors (Lipinski definition) is 1. The summed E-state index contributed by atoms with van der Waals surface area (Å²) in [7, 11) is 1.66. The van der Waals surface area contributed by atoms with Gasteiger partial charge >= 0.3 is 5.97 Å². The van der Waals surface area contributed by atoms with E-state index in [2.05, 4.69) is 5.32 Å². The van der Waals surface area contributed by atoms with E-state index in [4.69, 9.17) is 4.74 Å². The Kier molecular flexibility index (Phi) is 8.27. The van der Waals surface area contributed by atoms with E-state index in [-0.39, 0.29) is 30.2 Å². The van der Waals surface area contributed by atoms with Crippen LogP contribution in [0.15, 0.2) is 53.4 Å². The lowest BCUT2D eigenvalue weighted by Gasteiger charge is -2.21. The molecule has 0 unspecified atom stereocenters. The van der Waals surface area contributed by atoms with Crippen LogP contribution in [0.4, 0.5) is 5.69 Å². The highest BCUT2D eigenvalue weighted by Gasteiger charge is 2.18. The standard InChI is InChI=1S/C22H26N2O4S/c1-15(2)24(4)21(26)13-28-22(27)18-7-5-6-8-19(18)29-14-20(25)23-17-11-9-16(3)10-12-17/h5-12,15H,13-14H2,1-4H3,(H,23,25). The molecule has 0 aliphatic rings. The zero-order chi connectivity index (χ0) is 21.4. The molecule has 154 valence electrons. The summed E-state index contributed by atoms with van der Waals surface area (Å²) in [5.41, 5.74) is 2.17. The minimum absolute atomic E-state index is 0.0242. The second kappa shape index (κ2) is 10.7. The van der Waals surface area contributed by atoms with E-state index in [1.165, 1.54) is 16.7 Å². The second-order valence-electron chi connectivity index (χ2n) is 6.87. The van der Waals surface area contributed by atoms with Crippen LogP contribution in [0, 0.1) is 6.92 Å². The Morgan fingerprint density at radius 3 is 2.38 bits per heavy atom. The highest BCUT2D eigenvalue weighted by atomic mass is 32.2. The van der Waals surface area contributed by atoms with Gasteiger partial charge in [-0.05, 0) is 45.0 Å². The predicted octanol–water partition coefficient (Wildman–Crippen LogP) is 3.75. The third-order valence-electron chi connectivity index (χ3n) is 4.30. The van der Waals surface area contributed by atoms with Gasteiger partial charge in [0, 0.05) is 23.7 Å². The van der Waals surface area contributed by atoms with Gasteiger partial charge in [0.15, 0.2) is 6.61 Å². The monoisotopic (exact) mass is 414 g/mol. The van der Waals surface area contributed by atoms with Gasteiger partial charge in [-0.25, -0.2) is 4.79 Å². The van der Waals surface area contributed by atoms with Crippen LogP contribution in [-0.2, 0) is 14.3 Å². The van der Waals surface area contributed by atoms with Crippen LogP contribution in [0.2, 0.25) is 0 Å². The fourth-order valence-electron chi connectivity index (χ4n) is 2.33. The molecule has 0 aliphatic carbocycles. The minimum atomic E-state index is -0.586. The summed E-state index contributed by atoms with van der Waals surface area (Å²) >= 11 is 1.24. The Morgan fingerprint density at radius 1 is 1.07 bits per heavy atom. The van der Waals surface area contributed by atoms with Crippen LogP contribution in [0.1, 0.15) is 29.8 Å². The van der Waals surface area contributed by atoms with E-state index in [1.807, 2.05) is 45.0 Å². The van der Waals surface area contributed by atoms with Crippen molar-refractivity contribution in [3.05, 3.63) is 59.7 Å². The molecule has 0 aliphatic heterocycles. The fraction of sp³-hybridized carbons (Fsp3) is 0.318. The lowest BCUT2D eigenvalue weighted by atomic mass is 10.2. The van der Waals surface area contributed by atoms with Crippen LogP contribution < -0.4 is 5.32 Å². The van der Waals surface area contributed by atoms with Crippen molar-refractivity contribution in [1.29, 1.82) is 0 Å². The minimum Gasteiger partial charge on any atom is -0.452 e. The normalized spacial score (nSPS) is 10.5. The summed E-state index contributed by atoms with van der Waals surface area (Å²) in [6, 6.07) is 14.4. The SMILES string of the molecule is Cc1ccc(NC(=O)CSc2ccccc2C(=O)OCC(=O)N(C)C(C)C)cc1. The number of carbonyl (C=O) groups is 3. The van der Waals surface area contributed by atoms with E-state index < -0.39 is 5.97 Å². The van der Waals surface area contributed by atoms with Crippen LogP contribution in [-0.4, -0.2) is 48.1 Å². The number of esters is 1. The number of nitrogens with one attached hydrogen (secondary N) is 1. The molecule has 0 aromatic heterocycles. The molecule has 29 heavy (non-hydrogen) atoms. The zero-order valence-corrected chi connectivity index (χ0v) is 17.9. The number of rotatable bonds is 8. The van der Waals surface area contributed by atoms with Gasteiger partial charge in [0.2, 0.25) is 5.91 Å². The Hall–Kier alpha value is -2.80. The van der Waals surface area contributed by atoms with Gasteiger partial charge in [0.05, 0.1) is 11.3 Å². The molecule has 0 bridgehead atoms. The maximum absolute atomic E-state index is 12.4. The third kappa shape index (κ3) is 6.94. The fourth-order valence-corrected chi connectivity index (χ4v) is 3.17. The summed E-state index contributed by atoms with van der Waals surface area (Å²) in [6.07, 6.45) is 0. The van der Waals surface area contributed by atoms with Crippen molar-refractivity contribution in [1.82, 2.24) is 4.90 Å². The average Bonchev–Trinajstić information content (AvgIpc) is 2.71. The average molecular weight is 415 g/mol. The molecule has 1 N–H and O–H groups in total. The first-order valence-corrected chi connectivity index (χ1v) is 10.3. The number of thioether (sulfide) groups is 1. The molecular weight excluding hydrogens is 388 g/mol. The van der Waals surface area contributed by atoms with Crippen molar-refractivity contribution >= 4 is 35.2 Å². The van der Waals surface area contributed by atoms with Crippen LogP contribution in [0.3, 0.4) is 0 Å². The quantitative estimate of drug-likeness (QED) is 0.526. The molecule has 0 saturated carbocycles. The van der Waals surface area contributed by atoms with Crippen molar-refractivity contribution < 1.29 is 19.1 Å². The topological polar surface area (TPSA) is 75.7 Å². The molecular formula is C22H26N2O4S. The molecule has 2 aromatic rings. The molecule has 0 atom stereocenters. The Bertz CT molecular complexity index is 865. The number of nitrogens with zero attached hydrogens (tertiary/aromatic N) is 1. The molecule has 6 nitrogen and oxygen atoms in total. The van der Waals surface area contributed by atoms with Crippen molar-refractivity contribution in [3.63, 3.8) is 0 Å². The smallest absolute Gasteiger partial charge is 0.339 e. The van der Waals surface area contributed by atoms with Crippen molar-refractivity contribution in [2.45, 2.75) is 31.7 Å². The number of likely N-dealkylation sites (N-methyl/N-ethyl adjacent to an activating group) is 1. The van der Waals surface area contributed by atoms with Gasteiger partial charge in [-0.3, -0.25) is 9.59 Å². The maximum atomic E-state index is 12.4. The number of carbonyl (C=O) groups excluding carboxylic acids is 3. The summed E-state index contributed by atoms with van der Waals surface area (Å²) in [5.74, 6) is -0.878. The number of aryl methyl sites for hydroxylation is 1. The molecule has 0 spiro atoms. The van der Waals surface area contributed by atoms with Crippen LogP contribution >= 0.6 is 11.8 Å². The summed E-state index contributed by atoms with van der Waals surface area (Å²) in [5, 5.41) is 2.83. The van der Waals surface area contributed by atoms with Crippen molar-refractivity contribution in [2.24, 2.45) is 0 Å². The Labute approximate surface area is 175 Å². The molecule has 2 rings (SSSR count). The molecule has 2 amide bonds. The van der Waals surface area contributed by atoms with E-state index in [0.717, 1.165) is 11.3 Å². The van der Waals surface area contributed by atoms with E-state index in [9.17, 15) is 14.4 Å². The number of anilines is 1. The maximum Gasteiger partial charge on any atom is 0.339 e. The zero-order valence-electron chi connectivity index (χ0n) is 17.1. The van der Waals surface area contributed by atoms with Gasteiger partial charge in [-0.2, -0.15) is 0 Å². The number of benzene rings is 2. The summed E-state index contributed by atoms with van der Waals surface area (Å²) in [4.78, 5) is 38.8. The van der Waals surface area contributed by atoms with Gasteiger partial charge in [-0.15, -0.1) is 11.8 Å². The first kappa shape index (κ1) is 22.5. The lowest BCUT2D eigenvalue weighted by Crippen LogP contribution is -2.36. The summed E-state index contributed by atoms with van der Waals surface area (Å²) in [6.45, 7) is 5.42. The van der Waals surface area contributed by atoms with Gasteiger partial charge < -0.3 is 15.0 Å². The van der Waals surface area contributed by atoms with Gasteiger partial charge in [0.25, 0.3) is 5.91 Å². The third-order valence-corrected chi connectivity index (χ3v) is 5.37. The molecule has 0 heterocycles. The largest absolute Gasteiger partial charge is 0.452 e. The lowest BCUT2D eigenvalue weighted by molar-refractivity contribution is -0.134. The first-order valence-electron chi connectivity index (χ1n) is 9.29. The van der Waals surface area contributed by atoms with Crippen LogP contribution in [0.25, 0.3) is 0 Å². The van der Waals surface area contributed by atoms with E-state index >= 15 is 0 Å².